The molecular formula is C17H22ClN3O3S. The van der Waals surface area contributed by atoms with E-state index < -0.39 is 0 Å². The SMILES string of the molecule is CNCC1CCCN1C(=O)c1sc(NC(=O)c2ccco2)cc1C.Cl. The molecule has 0 saturated carbocycles. The first-order valence-corrected chi connectivity index (χ1v) is 8.82. The van der Waals surface area contributed by atoms with Crippen LogP contribution in [0.5, 0.6) is 0 Å². The van der Waals surface area contributed by atoms with E-state index in [0.29, 0.717) is 9.88 Å². The Morgan fingerprint density at radius 1 is 1.44 bits per heavy atom. The van der Waals surface area contributed by atoms with Gasteiger partial charge < -0.3 is 20.0 Å². The van der Waals surface area contributed by atoms with Gasteiger partial charge in [0.05, 0.1) is 16.1 Å². The molecule has 25 heavy (non-hydrogen) atoms. The van der Waals surface area contributed by atoms with E-state index in [0.717, 1.165) is 31.5 Å². The summed E-state index contributed by atoms with van der Waals surface area (Å²) in [6.07, 6.45) is 3.52. The summed E-state index contributed by atoms with van der Waals surface area (Å²) >= 11 is 1.31. The van der Waals surface area contributed by atoms with Crippen LogP contribution in [0.1, 0.15) is 38.6 Å². The second-order valence-corrected chi connectivity index (χ2v) is 6.96. The van der Waals surface area contributed by atoms with E-state index in [9.17, 15) is 9.59 Å². The number of nitrogens with one attached hydrogen (secondary N) is 2. The van der Waals surface area contributed by atoms with Crippen molar-refractivity contribution in [2.45, 2.75) is 25.8 Å². The molecular weight excluding hydrogens is 362 g/mol. The second-order valence-electron chi connectivity index (χ2n) is 5.91. The molecule has 2 amide bonds. The number of amides is 2. The summed E-state index contributed by atoms with van der Waals surface area (Å²) in [4.78, 5) is 27.5. The molecule has 1 aliphatic heterocycles. The minimum atomic E-state index is -0.311. The molecule has 3 rings (SSSR count). The normalized spacial score (nSPS) is 16.6. The van der Waals surface area contributed by atoms with Gasteiger partial charge in [-0.1, -0.05) is 0 Å². The third kappa shape index (κ3) is 4.23. The minimum absolute atomic E-state index is 0. The number of likely N-dealkylation sites (tertiary alicyclic amines) is 1. The molecule has 1 aliphatic rings. The summed E-state index contributed by atoms with van der Waals surface area (Å²) in [5, 5.41) is 6.59. The van der Waals surface area contributed by atoms with Gasteiger partial charge in [0.25, 0.3) is 11.8 Å². The van der Waals surface area contributed by atoms with Gasteiger partial charge in [0.1, 0.15) is 0 Å². The highest BCUT2D eigenvalue weighted by Gasteiger charge is 2.30. The molecule has 2 N–H and O–H groups in total. The maximum absolute atomic E-state index is 12.9. The van der Waals surface area contributed by atoms with Crippen molar-refractivity contribution in [2.75, 3.05) is 25.5 Å². The molecule has 1 unspecified atom stereocenters. The molecule has 1 fully saturated rings. The van der Waals surface area contributed by atoms with Crippen molar-refractivity contribution in [2.24, 2.45) is 0 Å². The first-order chi connectivity index (χ1) is 11.6. The van der Waals surface area contributed by atoms with Crippen LogP contribution >= 0.6 is 23.7 Å². The van der Waals surface area contributed by atoms with Crippen LogP contribution in [0.4, 0.5) is 5.00 Å². The molecule has 3 heterocycles. The molecule has 0 aromatic carbocycles. The fraction of sp³-hybridized carbons (Fsp3) is 0.412. The van der Waals surface area contributed by atoms with Crippen LogP contribution in [0.15, 0.2) is 28.9 Å². The number of rotatable bonds is 5. The quantitative estimate of drug-likeness (QED) is 0.831. The van der Waals surface area contributed by atoms with Gasteiger partial charge in [-0.05, 0) is 50.6 Å². The zero-order valence-electron chi connectivity index (χ0n) is 14.2. The van der Waals surface area contributed by atoms with Gasteiger partial charge in [0, 0.05) is 19.1 Å². The summed E-state index contributed by atoms with van der Waals surface area (Å²) < 4.78 is 5.08. The van der Waals surface area contributed by atoms with Gasteiger partial charge in [-0.25, -0.2) is 0 Å². The number of hydrogen-bond acceptors (Lipinski definition) is 5. The van der Waals surface area contributed by atoms with Gasteiger partial charge in [-0.2, -0.15) is 0 Å². The van der Waals surface area contributed by atoms with Gasteiger partial charge in [0.15, 0.2) is 5.76 Å². The molecule has 1 atom stereocenters. The molecule has 0 spiro atoms. The Hall–Kier alpha value is -1.83. The van der Waals surface area contributed by atoms with E-state index in [1.54, 1.807) is 12.1 Å². The lowest BCUT2D eigenvalue weighted by Crippen LogP contribution is -2.40. The van der Waals surface area contributed by atoms with E-state index >= 15 is 0 Å². The number of aryl methyl sites for hydroxylation is 1. The third-order valence-corrected chi connectivity index (χ3v) is 5.31. The molecule has 136 valence electrons. The molecule has 2 aromatic heterocycles. The monoisotopic (exact) mass is 383 g/mol. The van der Waals surface area contributed by atoms with Crippen LogP contribution in [0, 0.1) is 6.92 Å². The van der Waals surface area contributed by atoms with Gasteiger partial charge in [0.2, 0.25) is 0 Å². The summed E-state index contributed by atoms with van der Waals surface area (Å²) in [5.41, 5.74) is 0.884. The van der Waals surface area contributed by atoms with Crippen molar-refractivity contribution in [3.63, 3.8) is 0 Å². The number of carbonyl (C=O) groups excluding carboxylic acids is 2. The van der Waals surface area contributed by atoms with Crippen molar-refractivity contribution in [1.29, 1.82) is 0 Å². The Labute approximate surface area is 157 Å². The Morgan fingerprint density at radius 3 is 2.92 bits per heavy atom. The van der Waals surface area contributed by atoms with Gasteiger partial charge in [-0.15, -0.1) is 23.7 Å². The summed E-state index contributed by atoms with van der Waals surface area (Å²) in [6.45, 7) is 3.49. The lowest BCUT2D eigenvalue weighted by atomic mass is 10.2. The fourth-order valence-electron chi connectivity index (χ4n) is 3.02. The molecule has 0 radical (unpaired) electrons. The number of thiophene rings is 1. The Bertz CT molecular complexity index is 730. The lowest BCUT2D eigenvalue weighted by Gasteiger charge is -2.24. The van der Waals surface area contributed by atoms with Crippen LogP contribution in [-0.4, -0.2) is 42.9 Å². The summed E-state index contributed by atoms with van der Waals surface area (Å²) in [6, 6.07) is 5.35. The van der Waals surface area contributed by atoms with Crippen molar-refractivity contribution in [3.8, 4) is 0 Å². The highest BCUT2D eigenvalue weighted by atomic mass is 35.5. The van der Waals surface area contributed by atoms with E-state index in [-0.39, 0.29) is 36.0 Å². The van der Waals surface area contributed by atoms with E-state index in [1.807, 2.05) is 24.9 Å². The maximum atomic E-state index is 12.9. The maximum Gasteiger partial charge on any atom is 0.291 e. The predicted octanol–water partition coefficient (Wildman–Crippen LogP) is 3.15. The Kier molecular flexibility index (Phi) is 6.64. The van der Waals surface area contributed by atoms with Crippen LogP contribution < -0.4 is 10.6 Å². The number of furan rings is 1. The van der Waals surface area contributed by atoms with Crippen molar-refractivity contribution < 1.29 is 14.0 Å². The number of likely N-dealkylation sites (N-methyl/N-ethyl adjacent to an activating group) is 1. The number of nitrogens with zero attached hydrogens (tertiary/aromatic N) is 1. The first-order valence-electron chi connectivity index (χ1n) is 8.01. The van der Waals surface area contributed by atoms with E-state index in [2.05, 4.69) is 10.6 Å². The number of anilines is 1. The number of halogens is 1. The van der Waals surface area contributed by atoms with Crippen molar-refractivity contribution in [3.05, 3.63) is 40.7 Å². The predicted molar refractivity (Wildman–Crippen MR) is 101 cm³/mol. The number of hydrogen-bond donors (Lipinski definition) is 2. The highest BCUT2D eigenvalue weighted by Crippen LogP contribution is 2.30. The average Bonchev–Trinajstić information content (AvgIpc) is 3.27. The summed E-state index contributed by atoms with van der Waals surface area (Å²) in [7, 11) is 1.90. The Balaban J connectivity index is 0.00000225. The van der Waals surface area contributed by atoms with Gasteiger partial charge in [-0.3, -0.25) is 9.59 Å². The van der Waals surface area contributed by atoms with Crippen LogP contribution in [0.3, 0.4) is 0 Å². The van der Waals surface area contributed by atoms with Crippen molar-refractivity contribution >= 4 is 40.6 Å². The molecule has 8 heteroatoms. The average molecular weight is 384 g/mol. The van der Waals surface area contributed by atoms with Crippen LogP contribution in [0.2, 0.25) is 0 Å². The third-order valence-electron chi connectivity index (χ3n) is 4.17. The van der Waals surface area contributed by atoms with E-state index in [4.69, 9.17) is 4.42 Å². The molecule has 0 bridgehead atoms. The smallest absolute Gasteiger partial charge is 0.291 e. The van der Waals surface area contributed by atoms with Crippen LogP contribution in [-0.2, 0) is 0 Å². The second kappa shape index (κ2) is 8.51. The number of carbonyl (C=O) groups is 2. The first kappa shape index (κ1) is 19.5. The van der Waals surface area contributed by atoms with Crippen molar-refractivity contribution in [1.82, 2.24) is 10.2 Å². The molecule has 6 nitrogen and oxygen atoms in total. The molecule has 0 aliphatic carbocycles. The Morgan fingerprint density at radius 2 is 2.24 bits per heavy atom. The highest BCUT2D eigenvalue weighted by molar-refractivity contribution is 7.18. The lowest BCUT2D eigenvalue weighted by molar-refractivity contribution is 0.0741. The fourth-order valence-corrected chi connectivity index (χ4v) is 4.04. The van der Waals surface area contributed by atoms with Gasteiger partial charge >= 0.3 is 0 Å². The minimum Gasteiger partial charge on any atom is -0.459 e. The van der Waals surface area contributed by atoms with Crippen LogP contribution in [0.25, 0.3) is 0 Å². The molecule has 2 aromatic rings. The zero-order chi connectivity index (χ0) is 17.1. The summed E-state index contributed by atoms with van der Waals surface area (Å²) in [5.74, 6) is -0.00853. The largest absolute Gasteiger partial charge is 0.459 e. The standard InChI is InChI=1S/C17H21N3O3S.ClH/c1-11-9-14(19-16(21)13-6-4-8-23-13)24-15(11)17(22)20-7-3-5-12(20)10-18-2;/h4,6,8-9,12,18H,3,5,7,10H2,1-2H3,(H,19,21);1H. The van der Waals surface area contributed by atoms with E-state index in [1.165, 1.54) is 17.6 Å². The zero-order valence-corrected chi connectivity index (χ0v) is 15.8. The molecule has 1 saturated heterocycles. The topological polar surface area (TPSA) is 74.6 Å².